The second-order valence-corrected chi connectivity index (χ2v) is 13.1. The summed E-state index contributed by atoms with van der Waals surface area (Å²) in [5.74, 6) is -2.41. The van der Waals surface area contributed by atoms with E-state index in [1.165, 1.54) is 48.1 Å². The minimum Gasteiger partial charge on any atom is -0.369 e. The zero-order valence-corrected chi connectivity index (χ0v) is 28.6. The Morgan fingerprint density at radius 2 is 1.67 bits per heavy atom. The highest BCUT2D eigenvalue weighted by Crippen LogP contribution is 2.37. The summed E-state index contributed by atoms with van der Waals surface area (Å²) in [5, 5.41) is 8.11. The Morgan fingerprint density at radius 1 is 0.981 bits per heavy atom. The van der Waals surface area contributed by atoms with Gasteiger partial charge in [-0.3, -0.25) is 29.2 Å². The maximum absolute atomic E-state index is 15.1. The third kappa shape index (κ3) is 7.64. The molecule has 6 rings (SSSR count). The molecule has 2 aliphatic heterocycles. The van der Waals surface area contributed by atoms with Gasteiger partial charge in [0.2, 0.25) is 11.8 Å². The van der Waals surface area contributed by atoms with E-state index in [9.17, 15) is 32.3 Å². The fraction of sp³-hybridized carbons (Fsp3) is 0.353. The molecule has 0 spiro atoms. The number of nitrogens with two attached hydrogens (primary N) is 1. The summed E-state index contributed by atoms with van der Waals surface area (Å²) in [5.41, 5.74) is 4.40. The van der Waals surface area contributed by atoms with Crippen molar-refractivity contribution in [2.45, 2.75) is 19.0 Å². The number of aromatic nitrogens is 4. The first-order valence-corrected chi connectivity index (χ1v) is 16.7. The Kier molecular flexibility index (Phi) is 10.4. The number of carbonyl (C=O) groups excluding carboxylic acids is 4. The quantitative estimate of drug-likeness (QED) is 0.230. The van der Waals surface area contributed by atoms with Crippen molar-refractivity contribution in [3.63, 3.8) is 0 Å². The molecule has 4 amide bonds. The van der Waals surface area contributed by atoms with Crippen LogP contribution in [0.1, 0.15) is 39.5 Å². The van der Waals surface area contributed by atoms with Crippen molar-refractivity contribution in [1.29, 1.82) is 0 Å². The number of anilines is 1. The van der Waals surface area contributed by atoms with E-state index in [4.69, 9.17) is 17.3 Å². The molecule has 2 aromatic carbocycles. The maximum Gasteiger partial charge on any atom is 0.435 e. The predicted octanol–water partition coefficient (Wildman–Crippen LogP) is 4.02. The normalized spacial score (nSPS) is 15.9. The second-order valence-electron chi connectivity index (χ2n) is 12.6. The summed E-state index contributed by atoms with van der Waals surface area (Å²) >= 11 is 6.49. The minimum atomic E-state index is -4.78. The Bertz CT molecular complexity index is 2020. The predicted molar refractivity (Wildman–Crippen MR) is 181 cm³/mol. The number of piperazine rings is 1. The maximum atomic E-state index is 15.1. The molecule has 52 heavy (non-hydrogen) atoms. The molecule has 18 heteroatoms. The third-order valence-electron chi connectivity index (χ3n) is 9.31. The zero-order chi connectivity index (χ0) is 37.3. The SMILES string of the molecule is Cn1c(-c2ccc(-c3c[nH]nc3C(F)(F)F)c(F)c2)cnc1C(=O)Nc1ccc(C(=O)N2CCN(C(=O)C3CCN(CC(N)=O)CC3)CC2)c(Cl)c1. The number of piperidine rings is 1. The van der Waals surface area contributed by atoms with E-state index < -0.39 is 35.1 Å². The number of likely N-dealkylation sites (tertiary alicyclic amines) is 1. The van der Waals surface area contributed by atoms with Gasteiger partial charge in [-0.1, -0.05) is 23.7 Å². The van der Waals surface area contributed by atoms with Gasteiger partial charge in [-0.15, -0.1) is 0 Å². The van der Waals surface area contributed by atoms with E-state index in [1.807, 2.05) is 4.90 Å². The summed E-state index contributed by atoms with van der Waals surface area (Å²) in [6.45, 7) is 2.84. The van der Waals surface area contributed by atoms with Gasteiger partial charge in [0.25, 0.3) is 11.8 Å². The molecule has 0 radical (unpaired) electrons. The first kappa shape index (κ1) is 36.5. The van der Waals surface area contributed by atoms with E-state index in [0.717, 1.165) is 12.3 Å². The molecule has 4 heterocycles. The molecule has 2 aromatic heterocycles. The second kappa shape index (κ2) is 14.7. The number of rotatable bonds is 8. The van der Waals surface area contributed by atoms with E-state index in [2.05, 4.69) is 20.5 Å². The fourth-order valence-corrected chi connectivity index (χ4v) is 6.82. The minimum absolute atomic E-state index is 0.0437. The van der Waals surface area contributed by atoms with Crippen molar-refractivity contribution in [1.82, 2.24) is 34.4 Å². The van der Waals surface area contributed by atoms with E-state index in [-0.39, 0.29) is 57.5 Å². The van der Waals surface area contributed by atoms with Crippen LogP contribution in [0.25, 0.3) is 22.4 Å². The number of amides is 4. The van der Waals surface area contributed by atoms with E-state index in [0.29, 0.717) is 57.8 Å². The number of aromatic amines is 1. The lowest BCUT2D eigenvalue weighted by Gasteiger charge is -2.38. The number of halogens is 5. The van der Waals surface area contributed by atoms with E-state index in [1.54, 1.807) is 9.80 Å². The third-order valence-corrected chi connectivity index (χ3v) is 9.62. The Hall–Kier alpha value is -5.29. The largest absolute Gasteiger partial charge is 0.435 e. The summed E-state index contributed by atoms with van der Waals surface area (Å²) < 4.78 is 56.4. The van der Waals surface area contributed by atoms with Crippen LogP contribution in [0.2, 0.25) is 5.02 Å². The number of imidazole rings is 1. The van der Waals surface area contributed by atoms with Gasteiger partial charge >= 0.3 is 6.18 Å². The van der Waals surface area contributed by atoms with Crippen LogP contribution >= 0.6 is 11.6 Å². The molecular formula is C34H34ClF4N9O4. The molecule has 2 fully saturated rings. The molecule has 274 valence electrons. The van der Waals surface area contributed by atoms with Crippen LogP contribution in [-0.2, 0) is 22.8 Å². The molecule has 0 saturated carbocycles. The number of nitrogens with zero attached hydrogens (tertiary/aromatic N) is 6. The van der Waals surface area contributed by atoms with Gasteiger partial charge in [0, 0.05) is 67.7 Å². The van der Waals surface area contributed by atoms with Gasteiger partial charge in [-0.25, -0.2) is 9.37 Å². The lowest BCUT2D eigenvalue weighted by Crippen LogP contribution is -2.53. The summed E-state index contributed by atoms with van der Waals surface area (Å²) in [4.78, 5) is 60.3. The van der Waals surface area contributed by atoms with Crippen molar-refractivity contribution in [2.75, 3.05) is 51.1 Å². The zero-order valence-electron chi connectivity index (χ0n) is 27.8. The molecular weight excluding hydrogens is 710 g/mol. The highest BCUT2D eigenvalue weighted by atomic mass is 35.5. The topological polar surface area (TPSA) is 163 Å². The Labute approximate surface area is 299 Å². The molecule has 4 N–H and O–H groups in total. The fourth-order valence-electron chi connectivity index (χ4n) is 6.56. The van der Waals surface area contributed by atoms with Crippen molar-refractivity contribution in [3.8, 4) is 22.4 Å². The molecule has 0 unspecified atom stereocenters. The highest BCUT2D eigenvalue weighted by Gasteiger charge is 2.37. The van der Waals surface area contributed by atoms with Crippen molar-refractivity contribution >= 4 is 40.9 Å². The van der Waals surface area contributed by atoms with Gasteiger partial charge in [0.05, 0.1) is 29.0 Å². The lowest BCUT2D eigenvalue weighted by molar-refractivity contribution is -0.141. The monoisotopic (exact) mass is 743 g/mol. The first-order valence-electron chi connectivity index (χ1n) is 16.3. The van der Waals surface area contributed by atoms with Crippen molar-refractivity contribution in [2.24, 2.45) is 18.7 Å². The van der Waals surface area contributed by atoms with Gasteiger partial charge in [0.1, 0.15) is 5.82 Å². The number of benzene rings is 2. The van der Waals surface area contributed by atoms with Gasteiger partial charge in [-0.05, 0) is 50.2 Å². The van der Waals surface area contributed by atoms with Crippen molar-refractivity contribution in [3.05, 3.63) is 76.7 Å². The van der Waals surface area contributed by atoms with Gasteiger partial charge in [-0.2, -0.15) is 18.3 Å². The van der Waals surface area contributed by atoms with Gasteiger partial charge in [0.15, 0.2) is 11.5 Å². The van der Waals surface area contributed by atoms with Gasteiger partial charge < -0.3 is 25.4 Å². The Morgan fingerprint density at radius 3 is 2.31 bits per heavy atom. The standard InChI is InChI=1S/C34H34ClF4N9O4/c1-45-27(20-2-4-22(26(36)14-20)24-16-42-44-29(24)34(37,38)39)17-41-30(45)31(50)43-21-3-5-23(25(35)15-21)33(52)48-12-10-47(11-13-48)32(51)19-6-8-46(9-7-19)18-28(40)49/h2-5,14-17,19H,6-13,18H2,1H3,(H2,40,49)(H,42,44)(H,43,50). The number of hydrogen-bond donors (Lipinski definition) is 3. The summed E-state index contributed by atoms with van der Waals surface area (Å²) in [6.07, 6.45) is -1.19. The average Bonchev–Trinajstić information content (AvgIpc) is 3.75. The molecule has 13 nitrogen and oxygen atoms in total. The lowest BCUT2D eigenvalue weighted by atomic mass is 9.95. The molecule has 0 aliphatic carbocycles. The van der Waals surface area contributed by atoms with Crippen LogP contribution in [0.5, 0.6) is 0 Å². The number of primary amides is 1. The average molecular weight is 744 g/mol. The highest BCUT2D eigenvalue weighted by molar-refractivity contribution is 6.34. The molecule has 0 atom stereocenters. The molecule has 4 aromatic rings. The molecule has 2 aliphatic rings. The van der Waals surface area contributed by atoms with Crippen LogP contribution in [-0.4, -0.2) is 104 Å². The van der Waals surface area contributed by atoms with E-state index >= 15 is 4.39 Å². The number of nitrogens with one attached hydrogen (secondary N) is 2. The van der Waals surface area contributed by atoms with Crippen LogP contribution in [0, 0.1) is 11.7 Å². The summed E-state index contributed by atoms with van der Waals surface area (Å²) in [7, 11) is 1.53. The van der Waals surface area contributed by atoms with Crippen LogP contribution < -0.4 is 11.1 Å². The van der Waals surface area contributed by atoms with Crippen molar-refractivity contribution < 1.29 is 36.7 Å². The number of hydrogen-bond acceptors (Lipinski definition) is 7. The van der Waals surface area contributed by atoms with Crippen LogP contribution in [0.3, 0.4) is 0 Å². The molecule has 2 saturated heterocycles. The number of H-pyrrole nitrogens is 1. The first-order chi connectivity index (χ1) is 24.7. The number of alkyl halides is 3. The summed E-state index contributed by atoms with van der Waals surface area (Å²) in [6, 6.07) is 8.10. The van der Waals surface area contributed by atoms with Crippen LogP contribution in [0.4, 0.5) is 23.2 Å². The smallest absolute Gasteiger partial charge is 0.369 e. The number of carbonyl (C=O) groups is 4. The Balaban J connectivity index is 1.05. The molecule has 0 bridgehead atoms. The van der Waals surface area contributed by atoms with Crippen LogP contribution in [0.15, 0.2) is 48.8 Å².